The molecular formula is C36H28CrN7NaO12S2+2. The Morgan fingerprint density at radius 3 is 1.92 bits per heavy atom. The van der Waals surface area contributed by atoms with Gasteiger partial charge in [0.1, 0.15) is 44.8 Å². The van der Waals surface area contributed by atoms with Gasteiger partial charge in [0.2, 0.25) is 0 Å². The van der Waals surface area contributed by atoms with Crippen molar-refractivity contribution < 1.29 is 96.0 Å². The van der Waals surface area contributed by atoms with E-state index in [1.54, 1.807) is 36.4 Å². The molecule has 0 bridgehead atoms. The van der Waals surface area contributed by atoms with E-state index in [1.807, 2.05) is 12.1 Å². The second-order valence-corrected chi connectivity index (χ2v) is 14.7. The number of non-ortho nitro benzene ring substituents is 1. The van der Waals surface area contributed by atoms with E-state index >= 15 is 0 Å². The summed E-state index contributed by atoms with van der Waals surface area (Å²) in [5, 5.41) is 62.8. The number of fused-ring (bicyclic) bond motifs is 2. The molecule has 0 unspecified atom stereocenters. The second-order valence-electron chi connectivity index (χ2n) is 11.9. The first kappa shape index (κ1) is 45.9. The molecule has 0 amide bonds. The number of hydrogen-bond donors (Lipinski definition) is 5. The number of phenols is 3. The fourth-order valence-corrected chi connectivity index (χ4v) is 6.63. The van der Waals surface area contributed by atoms with Crippen LogP contribution in [0.4, 0.5) is 28.4 Å². The Bertz CT molecular complexity index is 3100. The summed E-state index contributed by atoms with van der Waals surface area (Å²) in [5.41, 5.74) is -0.734. The second kappa shape index (κ2) is 18.4. The molecule has 0 aliphatic carbocycles. The number of nitrogens with zero attached hydrogens (tertiary/aromatic N) is 7. The summed E-state index contributed by atoms with van der Waals surface area (Å²) in [5.74, 6) is -0.909. The molecule has 1 heterocycles. The average molecular weight is 890 g/mol. The van der Waals surface area contributed by atoms with Crippen LogP contribution >= 0.6 is 0 Å². The largest absolute Gasteiger partial charge is 1.00 e. The predicted octanol–water partition coefficient (Wildman–Crippen LogP) is 4.83. The molecule has 1 aromatic heterocycles. The van der Waals surface area contributed by atoms with E-state index in [1.165, 1.54) is 31.2 Å². The van der Waals surface area contributed by atoms with Gasteiger partial charge < -0.3 is 25.2 Å². The number of azo groups is 2. The van der Waals surface area contributed by atoms with Crippen molar-refractivity contribution in [1.82, 2.24) is 9.78 Å². The quantitative estimate of drug-likeness (QED) is 0.0342. The third-order valence-corrected chi connectivity index (χ3v) is 9.92. The van der Waals surface area contributed by atoms with Gasteiger partial charge in [-0.2, -0.15) is 21.9 Å². The minimum absolute atomic E-state index is 0. The first-order valence-electron chi connectivity index (χ1n) is 16.0. The van der Waals surface area contributed by atoms with Gasteiger partial charge in [-0.05, 0) is 41.8 Å². The van der Waals surface area contributed by atoms with Gasteiger partial charge in [0.05, 0.1) is 15.5 Å². The van der Waals surface area contributed by atoms with Crippen molar-refractivity contribution in [2.75, 3.05) is 0 Å². The van der Waals surface area contributed by atoms with Gasteiger partial charge in [0, 0.05) is 51.7 Å². The molecule has 296 valence electrons. The molecule has 23 heteroatoms. The fraction of sp³-hybridized carbons (Fsp3) is 0.0278. The topological polar surface area (TPSA) is 297 Å². The molecule has 59 heavy (non-hydrogen) atoms. The monoisotopic (exact) mass is 889 g/mol. The van der Waals surface area contributed by atoms with E-state index in [9.17, 15) is 51.6 Å². The normalized spacial score (nSPS) is 11.6. The molecule has 7 aromatic rings. The molecule has 0 saturated heterocycles. The Morgan fingerprint density at radius 1 is 0.729 bits per heavy atom. The van der Waals surface area contributed by atoms with Crippen molar-refractivity contribution in [1.29, 1.82) is 0 Å². The number of benzene rings is 6. The maximum Gasteiger partial charge on any atom is 1.00 e. The van der Waals surface area contributed by atoms with Gasteiger partial charge in [-0.3, -0.25) is 19.2 Å². The van der Waals surface area contributed by atoms with Crippen LogP contribution in [-0.4, -0.2) is 56.0 Å². The zero-order valence-corrected chi connectivity index (χ0v) is 35.2. The van der Waals surface area contributed by atoms with E-state index < -0.39 is 41.4 Å². The number of nitro benzene ring substituents is 1. The number of hydrogen-bond acceptors (Lipinski definition) is 15. The van der Waals surface area contributed by atoms with Gasteiger partial charge in [0.25, 0.3) is 25.9 Å². The summed E-state index contributed by atoms with van der Waals surface area (Å²) < 4.78 is 64.9. The Hall–Kier alpha value is -5.80. The van der Waals surface area contributed by atoms with Crippen molar-refractivity contribution in [2.24, 2.45) is 20.5 Å². The van der Waals surface area contributed by atoms with Crippen molar-refractivity contribution in [3.05, 3.63) is 135 Å². The van der Waals surface area contributed by atoms with Crippen LogP contribution < -0.4 is 35.1 Å². The summed E-state index contributed by atoms with van der Waals surface area (Å²) in [4.78, 5) is 21.9. The maximum atomic E-state index is 12.6. The first-order valence-corrected chi connectivity index (χ1v) is 18.9. The SMILES string of the molecule is Cc1nn(-c2ccc(S(=O)(=O)O)cc2)c(=O)[c-]1N=Nc1cc([N+](=O)[O-])ccc1O.O=S(=O)(O)c1cc(O)c(N=Nc2c(O)ccc3ccccc23)c2ccccc12.[Cr].[H+].[H+].[Na+]. The molecule has 5 N–H and O–H groups in total. The maximum absolute atomic E-state index is 12.6. The minimum atomic E-state index is -4.54. The van der Waals surface area contributed by atoms with Gasteiger partial charge >= 0.3 is 32.4 Å². The summed E-state index contributed by atoms with van der Waals surface area (Å²) >= 11 is 0. The summed E-state index contributed by atoms with van der Waals surface area (Å²) in [6, 6.07) is 25.7. The zero-order valence-electron chi connectivity index (χ0n) is 32.3. The molecule has 0 spiro atoms. The molecule has 7 rings (SSSR count). The van der Waals surface area contributed by atoms with Gasteiger partial charge in [-0.25, -0.2) is 9.78 Å². The Labute approximate surface area is 369 Å². The Morgan fingerprint density at radius 2 is 1.31 bits per heavy atom. The van der Waals surface area contributed by atoms with Crippen LogP contribution in [0.3, 0.4) is 0 Å². The first-order chi connectivity index (χ1) is 26.9. The van der Waals surface area contributed by atoms with Crippen LogP contribution in [0.15, 0.2) is 144 Å². The van der Waals surface area contributed by atoms with Crippen molar-refractivity contribution >= 4 is 70.2 Å². The predicted molar refractivity (Wildman–Crippen MR) is 206 cm³/mol. The third kappa shape index (κ3) is 10.1. The summed E-state index contributed by atoms with van der Waals surface area (Å²) in [7, 11) is -8.92. The molecule has 0 aliphatic heterocycles. The van der Waals surface area contributed by atoms with Crippen molar-refractivity contribution in [3.8, 4) is 22.9 Å². The van der Waals surface area contributed by atoms with E-state index in [4.69, 9.17) is 4.55 Å². The number of rotatable bonds is 8. The average Bonchev–Trinajstić information content (AvgIpc) is 3.45. The van der Waals surface area contributed by atoms with Crippen LogP contribution in [0.2, 0.25) is 0 Å². The number of phenolic OH excluding ortho intramolecular Hbond substituents is 3. The van der Waals surface area contributed by atoms with E-state index in [-0.39, 0.29) is 111 Å². The minimum Gasteiger partial charge on any atom is -0.506 e. The number of nitro groups is 1. The van der Waals surface area contributed by atoms with E-state index in [0.717, 1.165) is 46.5 Å². The third-order valence-electron chi connectivity index (χ3n) is 8.16. The summed E-state index contributed by atoms with van der Waals surface area (Å²) in [6.07, 6.45) is 0. The van der Waals surface area contributed by atoms with Crippen molar-refractivity contribution in [2.45, 2.75) is 16.7 Å². The zero-order chi connectivity index (χ0) is 41.2. The molecular weight excluding hydrogens is 862 g/mol. The molecule has 0 fully saturated rings. The number of aryl methyl sites for hydroxylation is 1. The Balaban J connectivity index is 0.000000394. The van der Waals surface area contributed by atoms with Crippen LogP contribution in [0.25, 0.3) is 27.2 Å². The molecule has 0 saturated carbocycles. The smallest absolute Gasteiger partial charge is 0.506 e. The fourth-order valence-electron chi connectivity index (χ4n) is 5.44. The van der Waals surface area contributed by atoms with Crippen LogP contribution in [0.5, 0.6) is 17.2 Å². The van der Waals surface area contributed by atoms with Gasteiger partial charge in [-0.1, -0.05) is 67.2 Å². The van der Waals surface area contributed by atoms with Crippen LogP contribution in [-0.2, 0) is 37.6 Å². The van der Waals surface area contributed by atoms with Gasteiger partial charge in [0.15, 0.2) is 0 Å². The van der Waals surface area contributed by atoms with E-state index in [0.29, 0.717) is 10.8 Å². The number of aromatic hydroxyl groups is 3. The van der Waals surface area contributed by atoms with Crippen molar-refractivity contribution in [3.63, 3.8) is 0 Å². The molecule has 0 aliphatic rings. The molecule has 0 radical (unpaired) electrons. The Kier molecular flexibility index (Phi) is 14.3. The molecule has 0 atom stereocenters. The van der Waals surface area contributed by atoms with Gasteiger partial charge in [-0.15, -0.1) is 15.9 Å². The van der Waals surface area contributed by atoms with Crippen LogP contribution in [0.1, 0.15) is 8.55 Å². The number of aromatic nitrogens is 2. The molecule has 6 aromatic carbocycles. The standard InChI is InChI=1S/C20H14N2O5S.C16H12N5O7S.Cr.Na/c23-16-10-9-12-5-1-2-6-13(12)19(16)21-22-20-15-8-4-3-7-14(15)18(11-17(20)24)28(25,26)27;1-9-15(18-17-13-8-11(21(24)25)4-7-14(13)22)16(23)20(19-9)10-2-5-12(6-3-10)29(26,27)28;;/h1-11,23-24H,(H,25,26,27);2-8,22H,1H3,(H,26,27,28);;/q;-1;;+1/p+2. The molecule has 19 nitrogen and oxygen atoms in total. The summed E-state index contributed by atoms with van der Waals surface area (Å²) in [6.45, 7) is 1.48. The van der Waals surface area contributed by atoms with E-state index in [2.05, 4.69) is 25.6 Å². The van der Waals surface area contributed by atoms with Crippen LogP contribution in [0, 0.1) is 17.0 Å².